The van der Waals surface area contributed by atoms with Crippen LogP contribution in [-0.2, 0) is 9.53 Å². The van der Waals surface area contributed by atoms with Gasteiger partial charge in [0.1, 0.15) is 27.6 Å². The van der Waals surface area contributed by atoms with Gasteiger partial charge in [0.25, 0.3) is 5.91 Å². The summed E-state index contributed by atoms with van der Waals surface area (Å²) in [6.45, 7) is 0.263. The lowest BCUT2D eigenvalue weighted by atomic mass is 10.1. The molecule has 2 aromatic heterocycles. The Hall–Kier alpha value is -4.70. The number of esters is 1. The molecule has 172 valence electrons. The highest BCUT2D eigenvalue weighted by Crippen LogP contribution is 2.38. The highest BCUT2D eigenvalue weighted by Gasteiger charge is 2.28. The standard InChI is InChI=1S/C21H15N5O7S/c22-8-11-15(23)17(16(27)14-7-13(20(29)30)26-33-14)34-19(11)24-10-3-1-9(2-4-10)18(28)25-12-5-6-32-21(12)31/h1-4,7,12,24H,5-6,23H2,(H,25,28)(H,29,30). The van der Waals surface area contributed by atoms with Gasteiger partial charge in [-0.3, -0.25) is 9.59 Å². The van der Waals surface area contributed by atoms with E-state index in [1.807, 2.05) is 6.07 Å². The SMILES string of the molecule is N#Cc1c(Nc2ccc(C(=O)NC3CCOC3=O)cc2)sc(C(=O)c2cc(C(=O)O)no2)c1N. The smallest absolute Gasteiger partial charge is 0.358 e. The summed E-state index contributed by atoms with van der Waals surface area (Å²) in [5.74, 6) is -3.32. The van der Waals surface area contributed by atoms with Gasteiger partial charge in [0, 0.05) is 23.7 Å². The van der Waals surface area contributed by atoms with Crippen molar-refractivity contribution in [1.29, 1.82) is 5.26 Å². The number of cyclic esters (lactones) is 1. The predicted octanol–water partition coefficient (Wildman–Crippen LogP) is 1.91. The van der Waals surface area contributed by atoms with Gasteiger partial charge in [-0.2, -0.15) is 5.26 Å². The van der Waals surface area contributed by atoms with Crippen LogP contribution in [0.3, 0.4) is 0 Å². The van der Waals surface area contributed by atoms with Crippen molar-refractivity contribution in [3.63, 3.8) is 0 Å². The number of ether oxygens (including phenoxy) is 1. The van der Waals surface area contributed by atoms with Crippen LogP contribution in [-0.4, -0.2) is 46.5 Å². The number of anilines is 3. The number of hydrogen-bond donors (Lipinski definition) is 4. The van der Waals surface area contributed by atoms with Crippen molar-refractivity contribution in [3.8, 4) is 6.07 Å². The van der Waals surface area contributed by atoms with E-state index in [9.17, 15) is 24.4 Å². The Balaban J connectivity index is 1.52. The average molecular weight is 481 g/mol. The fourth-order valence-electron chi connectivity index (χ4n) is 3.11. The van der Waals surface area contributed by atoms with Gasteiger partial charge >= 0.3 is 11.9 Å². The molecule has 1 aliphatic heterocycles. The summed E-state index contributed by atoms with van der Waals surface area (Å²) < 4.78 is 9.61. The molecule has 13 heteroatoms. The number of carboxylic acid groups (broad SMARTS) is 1. The fraction of sp³-hybridized carbons (Fsp3) is 0.143. The molecule has 0 radical (unpaired) electrons. The monoisotopic (exact) mass is 481 g/mol. The molecule has 0 bridgehead atoms. The maximum absolute atomic E-state index is 12.7. The van der Waals surface area contributed by atoms with Crippen LogP contribution in [0.5, 0.6) is 0 Å². The van der Waals surface area contributed by atoms with Crippen LogP contribution in [0.25, 0.3) is 0 Å². The van der Waals surface area contributed by atoms with Crippen LogP contribution in [0.2, 0.25) is 0 Å². The van der Waals surface area contributed by atoms with Crippen molar-refractivity contribution < 1.29 is 33.5 Å². The summed E-state index contributed by atoms with van der Waals surface area (Å²) >= 11 is 0.884. The number of carbonyl (C=O) groups excluding carboxylic acids is 3. The first-order chi connectivity index (χ1) is 16.3. The summed E-state index contributed by atoms with van der Waals surface area (Å²) in [5, 5.41) is 27.6. The minimum Gasteiger partial charge on any atom is -0.476 e. The van der Waals surface area contributed by atoms with Gasteiger partial charge in [-0.05, 0) is 24.3 Å². The molecule has 1 unspecified atom stereocenters. The number of amides is 1. The molecule has 0 spiro atoms. The Morgan fingerprint density at radius 2 is 2.00 bits per heavy atom. The number of aromatic nitrogens is 1. The zero-order chi connectivity index (χ0) is 24.4. The summed E-state index contributed by atoms with van der Waals surface area (Å²) in [7, 11) is 0. The van der Waals surface area contributed by atoms with Gasteiger partial charge in [-0.25, -0.2) is 9.59 Å². The van der Waals surface area contributed by atoms with Crippen molar-refractivity contribution in [1.82, 2.24) is 10.5 Å². The molecule has 3 heterocycles. The lowest BCUT2D eigenvalue weighted by Gasteiger charge is -2.10. The van der Waals surface area contributed by atoms with Gasteiger partial charge < -0.3 is 30.7 Å². The van der Waals surface area contributed by atoms with Crippen molar-refractivity contribution in [2.75, 3.05) is 17.7 Å². The number of nitrogen functional groups attached to an aromatic ring is 1. The second kappa shape index (κ2) is 9.04. The average Bonchev–Trinajstić information content (AvgIpc) is 3.54. The Morgan fingerprint density at radius 3 is 2.59 bits per heavy atom. The molecular weight excluding hydrogens is 466 g/mol. The Bertz CT molecular complexity index is 1350. The number of nitrogens with two attached hydrogens (primary N) is 1. The Labute approximate surface area is 194 Å². The molecule has 5 N–H and O–H groups in total. The van der Waals surface area contributed by atoms with E-state index < -0.39 is 35.4 Å². The zero-order valence-corrected chi connectivity index (χ0v) is 18.0. The number of ketones is 1. The zero-order valence-electron chi connectivity index (χ0n) is 17.2. The van der Waals surface area contributed by atoms with Crippen LogP contribution in [0.15, 0.2) is 34.9 Å². The second-order valence-corrected chi connectivity index (χ2v) is 8.08. The molecule has 3 aromatic rings. The molecule has 1 aromatic carbocycles. The Kier molecular flexibility index (Phi) is 5.98. The van der Waals surface area contributed by atoms with Crippen LogP contribution in [0.1, 0.15) is 48.3 Å². The van der Waals surface area contributed by atoms with E-state index in [0.717, 1.165) is 17.4 Å². The summed E-state index contributed by atoms with van der Waals surface area (Å²) in [4.78, 5) is 47.5. The van der Waals surface area contributed by atoms with E-state index in [4.69, 9.17) is 20.1 Å². The van der Waals surface area contributed by atoms with Crippen molar-refractivity contribution in [2.24, 2.45) is 0 Å². The lowest BCUT2D eigenvalue weighted by Crippen LogP contribution is -2.37. The topological polar surface area (TPSA) is 198 Å². The molecule has 0 aliphatic carbocycles. The van der Waals surface area contributed by atoms with Gasteiger partial charge in [-0.1, -0.05) is 5.16 Å². The fourth-order valence-corrected chi connectivity index (χ4v) is 4.15. The number of thiophene rings is 1. The third kappa shape index (κ3) is 4.30. The number of nitriles is 1. The first kappa shape index (κ1) is 22.5. The number of rotatable bonds is 7. The van der Waals surface area contributed by atoms with Gasteiger partial charge in [0.15, 0.2) is 5.69 Å². The van der Waals surface area contributed by atoms with Crippen LogP contribution in [0.4, 0.5) is 16.4 Å². The lowest BCUT2D eigenvalue weighted by molar-refractivity contribution is -0.139. The van der Waals surface area contributed by atoms with E-state index >= 15 is 0 Å². The number of aromatic carboxylic acids is 1. The quantitative estimate of drug-likeness (QED) is 0.284. The predicted molar refractivity (Wildman–Crippen MR) is 117 cm³/mol. The van der Waals surface area contributed by atoms with E-state index in [0.29, 0.717) is 17.7 Å². The largest absolute Gasteiger partial charge is 0.476 e. The van der Waals surface area contributed by atoms with Crippen LogP contribution < -0.4 is 16.4 Å². The summed E-state index contributed by atoms with van der Waals surface area (Å²) in [6.07, 6.45) is 0.410. The molecule has 1 aliphatic rings. The molecule has 0 saturated carbocycles. The normalized spacial score (nSPS) is 14.8. The van der Waals surface area contributed by atoms with Gasteiger partial charge in [0.2, 0.25) is 11.5 Å². The minimum absolute atomic E-state index is 0.0212. The highest BCUT2D eigenvalue weighted by molar-refractivity contribution is 7.19. The van der Waals surface area contributed by atoms with E-state index in [-0.39, 0.29) is 33.5 Å². The molecule has 1 atom stereocenters. The van der Waals surface area contributed by atoms with Crippen molar-refractivity contribution >= 4 is 51.3 Å². The second-order valence-electron chi connectivity index (χ2n) is 7.06. The summed E-state index contributed by atoms with van der Waals surface area (Å²) in [5.41, 5.74) is 6.29. The first-order valence-corrected chi connectivity index (χ1v) is 10.5. The maximum atomic E-state index is 12.7. The molecule has 1 saturated heterocycles. The van der Waals surface area contributed by atoms with E-state index in [1.54, 1.807) is 12.1 Å². The Morgan fingerprint density at radius 1 is 1.26 bits per heavy atom. The van der Waals surface area contributed by atoms with Crippen molar-refractivity contribution in [3.05, 3.63) is 57.8 Å². The first-order valence-electron chi connectivity index (χ1n) is 9.70. The number of carboxylic acids is 1. The number of carbonyl (C=O) groups is 4. The summed E-state index contributed by atoms with van der Waals surface area (Å²) in [6, 6.07) is 8.43. The number of nitrogens with zero attached hydrogens (tertiary/aromatic N) is 2. The number of benzene rings is 1. The molecule has 12 nitrogen and oxygen atoms in total. The van der Waals surface area contributed by atoms with E-state index in [2.05, 4.69) is 15.8 Å². The highest BCUT2D eigenvalue weighted by atomic mass is 32.1. The van der Waals surface area contributed by atoms with E-state index in [1.165, 1.54) is 12.1 Å². The van der Waals surface area contributed by atoms with Crippen LogP contribution in [0, 0.1) is 11.3 Å². The third-order valence-electron chi connectivity index (χ3n) is 4.86. The maximum Gasteiger partial charge on any atom is 0.358 e. The van der Waals surface area contributed by atoms with Crippen molar-refractivity contribution in [2.45, 2.75) is 12.5 Å². The molecule has 34 heavy (non-hydrogen) atoms. The minimum atomic E-state index is -1.36. The van der Waals surface area contributed by atoms with Gasteiger partial charge in [-0.15, -0.1) is 11.3 Å². The molecule has 4 rings (SSSR count). The number of hydrogen-bond acceptors (Lipinski definition) is 11. The molecule has 1 fully saturated rings. The molecular formula is C21H15N5O7S. The molecule has 1 amide bonds. The number of nitrogens with one attached hydrogen (secondary N) is 2. The third-order valence-corrected chi connectivity index (χ3v) is 5.98. The van der Waals surface area contributed by atoms with Crippen LogP contribution >= 0.6 is 11.3 Å². The van der Waals surface area contributed by atoms with Gasteiger partial charge in [0.05, 0.1) is 12.3 Å².